The first kappa shape index (κ1) is 29.9. The first-order valence-corrected chi connectivity index (χ1v) is 14.8. The number of aromatic amines is 2. The van der Waals surface area contributed by atoms with E-state index in [0.29, 0.717) is 35.7 Å². The third-order valence-corrected chi connectivity index (χ3v) is 7.36. The Labute approximate surface area is 260 Å². The van der Waals surface area contributed by atoms with Crippen molar-refractivity contribution in [3.63, 3.8) is 0 Å². The number of anilines is 2. The van der Waals surface area contributed by atoms with Gasteiger partial charge in [0.15, 0.2) is 5.65 Å². The maximum absolute atomic E-state index is 14.7. The Morgan fingerprint density at radius 1 is 0.889 bits per heavy atom. The van der Waals surface area contributed by atoms with Gasteiger partial charge < -0.3 is 20.5 Å². The zero-order valence-corrected chi connectivity index (χ0v) is 26.0. The van der Waals surface area contributed by atoms with Crippen LogP contribution in [0.5, 0.6) is 0 Å². The molecular weight excluding hydrogens is 569 g/mol. The van der Waals surface area contributed by atoms with E-state index in [2.05, 4.69) is 45.7 Å². The summed E-state index contributed by atoms with van der Waals surface area (Å²) in [6, 6.07) is 10.9. The molecule has 0 fully saturated rings. The van der Waals surface area contributed by atoms with E-state index in [-0.39, 0.29) is 17.1 Å². The second-order valence-corrected chi connectivity index (χ2v) is 12.7. The number of carbonyl (C=O) groups is 1. The number of hydrogen-bond acceptors (Lipinski definition) is 7. The quantitative estimate of drug-likeness (QED) is 0.144. The number of halogens is 1. The monoisotopic (exact) mass is 605 g/mol. The molecule has 4 N–H and O–H groups in total. The molecule has 45 heavy (non-hydrogen) atoms. The molecule has 0 bridgehead atoms. The molecule has 0 unspecified atom stereocenters. The number of hydrogen-bond donors (Lipinski definition) is 4. The maximum Gasteiger partial charge on any atom is 0.224 e. The molecule has 5 heterocycles. The zero-order chi connectivity index (χ0) is 31.7. The van der Waals surface area contributed by atoms with Crippen LogP contribution < -0.4 is 10.6 Å². The van der Waals surface area contributed by atoms with Crippen molar-refractivity contribution in [3.05, 3.63) is 73.2 Å². The molecule has 0 saturated heterocycles. The second kappa shape index (κ2) is 12.1. The molecule has 11 heteroatoms. The Balaban J connectivity index is 1.33. The number of pyridine rings is 3. The van der Waals surface area contributed by atoms with E-state index in [0.717, 1.165) is 50.8 Å². The Morgan fingerprint density at radius 2 is 1.67 bits per heavy atom. The van der Waals surface area contributed by atoms with Gasteiger partial charge in [-0.05, 0) is 61.5 Å². The van der Waals surface area contributed by atoms with Crippen LogP contribution in [0.4, 0.5) is 15.8 Å². The van der Waals surface area contributed by atoms with Crippen LogP contribution in [0.15, 0.2) is 67.4 Å². The second-order valence-electron chi connectivity index (χ2n) is 12.7. The minimum Gasteiger partial charge on any atom is -0.384 e. The van der Waals surface area contributed by atoms with Crippen LogP contribution in [0.1, 0.15) is 27.2 Å². The van der Waals surface area contributed by atoms with Gasteiger partial charge in [0.25, 0.3) is 0 Å². The maximum atomic E-state index is 14.7. The largest absolute Gasteiger partial charge is 0.384 e. The van der Waals surface area contributed by atoms with Gasteiger partial charge in [-0.2, -0.15) is 5.10 Å². The van der Waals surface area contributed by atoms with Gasteiger partial charge in [-0.3, -0.25) is 19.9 Å². The van der Waals surface area contributed by atoms with E-state index in [1.54, 1.807) is 31.0 Å². The van der Waals surface area contributed by atoms with Gasteiger partial charge in [0, 0.05) is 71.3 Å². The van der Waals surface area contributed by atoms with Gasteiger partial charge in [-0.15, -0.1) is 0 Å². The van der Waals surface area contributed by atoms with E-state index < -0.39 is 0 Å². The molecular formula is C34H36FN9O. The Morgan fingerprint density at radius 3 is 2.47 bits per heavy atom. The van der Waals surface area contributed by atoms with Gasteiger partial charge in [0.2, 0.25) is 5.91 Å². The molecule has 1 amide bonds. The van der Waals surface area contributed by atoms with Crippen LogP contribution in [0.25, 0.3) is 55.6 Å². The summed E-state index contributed by atoms with van der Waals surface area (Å²) in [5.41, 5.74) is 7.28. The van der Waals surface area contributed by atoms with E-state index in [1.165, 1.54) is 12.1 Å². The smallest absolute Gasteiger partial charge is 0.224 e. The van der Waals surface area contributed by atoms with Crippen molar-refractivity contribution in [2.24, 2.45) is 5.41 Å². The van der Waals surface area contributed by atoms with Crippen molar-refractivity contribution in [3.8, 4) is 33.6 Å². The molecule has 0 spiro atoms. The van der Waals surface area contributed by atoms with Gasteiger partial charge in [-0.25, -0.2) is 9.37 Å². The Kier molecular flexibility index (Phi) is 8.03. The highest BCUT2D eigenvalue weighted by atomic mass is 19.1. The van der Waals surface area contributed by atoms with Crippen molar-refractivity contribution in [2.75, 3.05) is 37.8 Å². The number of nitrogens with zero attached hydrogens (tertiary/aromatic N) is 5. The third-order valence-electron chi connectivity index (χ3n) is 7.36. The molecule has 6 aromatic rings. The summed E-state index contributed by atoms with van der Waals surface area (Å²) in [6.07, 6.45) is 9.03. The topological polar surface area (TPSA) is 128 Å². The fraction of sp³-hybridized carbons (Fsp3) is 0.265. The number of benzene rings is 1. The number of amides is 1. The van der Waals surface area contributed by atoms with Crippen molar-refractivity contribution in [2.45, 2.75) is 27.2 Å². The Bertz CT molecular complexity index is 2000. The predicted molar refractivity (Wildman–Crippen MR) is 177 cm³/mol. The predicted octanol–water partition coefficient (Wildman–Crippen LogP) is 6.72. The molecule has 0 aliphatic rings. The lowest BCUT2D eigenvalue weighted by atomic mass is 9.92. The molecule has 1 aromatic carbocycles. The van der Waals surface area contributed by atoms with Crippen LogP contribution in [0, 0.1) is 11.2 Å². The number of fused-ring (bicyclic) bond motifs is 2. The van der Waals surface area contributed by atoms with Crippen LogP contribution in [0.2, 0.25) is 0 Å². The minimum absolute atomic E-state index is 0.0603. The molecule has 10 nitrogen and oxygen atoms in total. The fourth-order valence-corrected chi connectivity index (χ4v) is 5.30. The molecule has 0 radical (unpaired) electrons. The SMILES string of the molecule is CN(C)CCNc1cc(F)cc(-c2cncc3[nH]c(-c4n[nH]c5ncc(-c6cncc(NC(=O)CC(C)(C)C)c6)cc45)cc23)c1. The van der Waals surface area contributed by atoms with Gasteiger partial charge in [-0.1, -0.05) is 20.8 Å². The summed E-state index contributed by atoms with van der Waals surface area (Å²) in [4.78, 5) is 31.4. The molecule has 230 valence electrons. The summed E-state index contributed by atoms with van der Waals surface area (Å²) in [5.74, 6) is -0.383. The van der Waals surface area contributed by atoms with E-state index >= 15 is 0 Å². The van der Waals surface area contributed by atoms with E-state index in [9.17, 15) is 9.18 Å². The first-order chi connectivity index (χ1) is 21.5. The zero-order valence-electron chi connectivity index (χ0n) is 26.0. The van der Waals surface area contributed by atoms with Crippen LogP contribution in [0.3, 0.4) is 0 Å². The van der Waals surface area contributed by atoms with Crippen LogP contribution in [-0.2, 0) is 4.79 Å². The third kappa shape index (κ3) is 6.83. The van der Waals surface area contributed by atoms with Crippen molar-refractivity contribution >= 4 is 39.2 Å². The highest BCUT2D eigenvalue weighted by molar-refractivity contribution is 6.01. The molecule has 5 aromatic heterocycles. The van der Waals surface area contributed by atoms with Gasteiger partial charge in [0.05, 0.1) is 29.3 Å². The van der Waals surface area contributed by atoms with Crippen LogP contribution >= 0.6 is 0 Å². The average Bonchev–Trinajstić information content (AvgIpc) is 3.59. The van der Waals surface area contributed by atoms with Crippen molar-refractivity contribution in [1.29, 1.82) is 0 Å². The van der Waals surface area contributed by atoms with E-state index in [1.807, 2.05) is 59.1 Å². The molecule has 6 rings (SSSR count). The molecule has 0 aliphatic carbocycles. The van der Waals surface area contributed by atoms with Crippen molar-refractivity contribution < 1.29 is 9.18 Å². The van der Waals surface area contributed by atoms with E-state index in [4.69, 9.17) is 0 Å². The summed E-state index contributed by atoms with van der Waals surface area (Å²) in [6.45, 7) is 7.60. The number of aromatic nitrogens is 6. The normalized spacial score (nSPS) is 11.9. The van der Waals surface area contributed by atoms with Crippen LogP contribution in [-0.4, -0.2) is 68.1 Å². The standard InChI is InChI=1S/C34H36FN9O/c1-34(2,3)14-31(45)40-25-10-21(15-36-17-25)22-11-27-32(42-43-33(27)39-16-22)29-13-26-28(18-37-19-30(26)41-29)20-8-23(35)12-24(9-20)38-6-7-44(4)5/h8-13,15-19,38,41H,6-7,14H2,1-5H3,(H,40,45)(H,39,42,43). The van der Waals surface area contributed by atoms with Gasteiger partial charge >= 0.3 is 0 Å². The summed E-state index contributed by atoms with van der Waals surface area (Å²) in [5, 5.41) is 15.6. The molecule has 0 saturated carbocycles. The lowest BCUT2D eigenvalue weighted by molar-refractivity contribution is -0.117. The average molecular weight is 606 g/mol. The molecule has 0 aliphatic heterocycles. The number of H-pyrrole nitrogens is 2. The Hall–Kier alpha value is -5.16. The lowest BCUT2D eigenvalue weighted by Gasteiger charge is -2.17. The highest BCUT2D eigenvalue weighted by Crippen LogP contribution is 2.35. The lowest BCUT2D eigenvalue weighted by Crippen LogP contribution is -2.20. The summed E-state index contributed by atoms with van der Waals surface area (Å²) < 4.78 is 14.7. The first-order valence-electron chi connectivity index (χ1n) is 14.8. The number of likely N-dealkylation sites (N-methyl/N-ethyl adjacent to an activating group) is 1. The molecule has 0 atom stereocenters. The summed E-state index contributed by atoms with van der Waals surface area (Å²) in [7, 11) is 4.00. The van der Waals surface area contributed by atoms with Gasteiger partial charge in [0.1, 0.15) is 11.5 Å². The fourth-order valence-electron chi connectivity index (χ4n) is 5.30. The van der Waals surface area contributed by atoms with Crippen molar-refractivity contribution in [1.82, 2.24) is 35.0 Å². The number of carbonyl (C=O) groups excluding carboxylic acids is 1. The summed E-state index contributed by atoms with van der Waals surface area (Å²) >= 11 is 0. The highest BCUT2D eigenvalue weighted by Gasteiger charge is 2.18. The minimum atomic E-state index is -0.322. The number of nitrogens with one attached hydrogen (secondary N) is 4. The number of rotatable bonds is 9.